The monoisotopic (exact) mass is 329 g/mol. The summed E-state index contributed by atoms with van der Waals surface area (Å²) in [4.78, 5) is 15.0. The third-order valence-corrected chi connectivity index (χ3v) is 4.53. The van der Waals surface area contributed by atoms with Crippen LogP contribution in [0.3, 0.4) is 0 Å². The number of allylic oxidation sites excluding steroid dienone is 2. The van der Waals surface area contributed by atoms with Gasteiger partial charge in [0, 0.05) is 11.1 Å². The Morgan fingerprint density at radius 2 is 2.08 bits per heavy atom. The molecule has 24 heavy (non-hydrogen) atoms. The van der Waals surface area contributed by atoms with Crippen LogP contribution < -0.4 is 4.74 Å². The van der Waals surface area contributed by atoms with Crippen LogP contribution in [0.4, 0.5) is 0 Å². The van der Waals surface area contributed by atoms with E-state index in [1.54, 1.807) is 7.11 Å². The molecule has 2 rings (SSSR count). The van der Waals surface area contributed by atoms with Gasteiger partial charge in [-0.2, -0.15) is 0 Å². The molecule has 1 aromatic carbocycles. The quantitative estimate of drug-likeness (QED) is 0.550. The van der Waals surface area contributed by atoms with Gasteiger partial charge in [0.05, 0.1) is 12.7 Å². The summed E-state index contributed by atoms with van der Waals surface area (Å²) in [6.07, 6.45) is 4.74. The van der Waals surface area contributed by atoms with Gasteiger partial charge in [0.25, 0.3) is 5.91 Å². The molecule has 1 aromatic rings. The number of amides is 1. The zero-order valence-corrected chi connectivity index (χ0v) is 15.1. The third-order valence-electron chi connectivity index (χ3n) is 4.53. The first-order chi connectivity index (χ1) is 11.4. The Balaban J connectivity index is 2.33. The van der Waals surface area contributed by atoms with Crippen LogP contribution in [-0.2, 0) is 9.53 Å². The highest BCUT2D eigenvalue weighted by atomic mass is 16.5. The van der Waals surface area contributed by atoms with E-state index in [2.05, 4.69) is 20.4 Å². The fourth-order valence-electron chi connectivity index (χ4n) is 3.00. The molecule has 1 aliphatic rings. The highest BCUT2D eigenvalue weighted by Crippen LogP contribution is 2.35. The van der Waals surface area contributed by atoms with Crippen LogP contribution in [0.15, 0.2) is 42.7 Å². The van der Waals surface area contributed by atoms with Gasteiger partial charge in [-0.05, 0) is 46.1 Å². The minimum atomic E-state index is -0.284. The van der Waals surface area contributed by atoms with Crippen molar-refractivity contribution in [3.63, 3.8) is 0 Å². The summed E-state index contributed by atoms with van der Waals surface area (Å²) in [6, 6.07) is 7.55. The maximum absolute atomic E-state index is 13.2. The van der Waals surface area contributed by atoms with Crippen LogP contribution in [0.25, 0.3) is 5.57 Å². The number of benzene rings is 1. The molecule has 130 valence electrons. The molecule has 4 heteroatoms. The van der Waals surface area contributed by atoms with E-state index < -0.39 is 0 Å². The summed E-state index contributed by atoms with van der Waals surface area (Å²) in [7, 11) is 1.61. The number of carbonyl (C=O) groups excluding carboxylic acids is 1. The molecule has 0 radical (unpaired) electrons. The summed E-state index contributed by atoms with van der Waals surface area (Å²) in [6.45, 7) is 10.0. The lowest BCUT2D eigenvalue weighted by Gasteiger charge is -2.41. The first kappa shape index (κ1) is 18.1. The number of methoxy groups -OCH3 is 1. The van der Waals surface area contributed by atoms with Crippen molar-refractivity contribution in [2.75, 3.05) is 13.8 Å². The fraction of sp³-hybridized carbons (Fsp3) is 0.450. The van der Waals surface area contributed by atoms with Crippen molar-refractivity contribution >= 4 is 11.5 Å². The first-order valence-electron chi connectivity index (χ1n) is 8.32. The third kappa shape index (κ3) is 3.64. The predicted molar refractivity (Wildman–Crippen MR) is 96.5 cm³/mol. The molecule has 1 aliphatic heterocycles. The summed E-state index contributed by atoms with van der Waals surface area (Å²) in [5, 5.41) is 0. The average Bonchev–Trinajstić information content (AvgIpc) is 2.55. The lowest BCUT2D eigenvalue weighted by atomic mass is 9.92. The molecular formula is C20H27NO3. The van der Waals surface area contributed by atoms with Gasteiger partial charge in [-0.3, -0.25) is 4.79 Å². The van der Waals surface area contributed by atoms with Gasteiger partial charge >= 0.3 is 0 Å². The normalized spacial score (nSPS) is 15.3. The molecule has 0 saturated carbocycles. The van der Waals surface area contributed by atoms with Crippen LogP contribution in [0.1, 0.15) is 45.6 Å². The predicted octanol–water partition coefficient (Wildman–Crippen LogP) is 4.38. The Kier molecular flexibility index (Phi) is 5.71. The van der Waals surface area contributed by atoms with Crippen LogP contribution >= 0.6 is 0 Å². The number of hydrogen-bond acceptors (Lipinski definition) is 3. The molecule has 0 bridgehead atoms. The minimum absolute atomic E-state index is 0.00754. The van der Waals surface area contributed by atoms with E-state index in [1.807, 2.05) is 42.2 Å². The number of nitrogens with zero attached hydrogens (tertiary/aromatic N) is 1. The Morgan fingerprint density at radius 3 is 2.75 bits per heavy atom. The molecule has 1 heterocycles. The van der Waals surface area contributed by atoms with Gasteiger partial charge in [0.1, 0.15) is 11.5 Å². The number of carbonyl (C=O) groups is 1. The highest BCUT2D eigenvalue weighted by Gasteiger charge is 2.37. The molecule has 0 aliphatic carbocycles. The van der Waals surface area contributed by atoms with E-state index in [-0.39, 0.29) is 18.2 Å². The maximum atomic E-state index is 13.2. The fourth-order valence-corrected chi connectivity index (χ4v) is 3.00. The van der Waals surface area contributed by atoms with E-state index in [0.29, 0.717) is 17.1 Å². The first-order valence-corrected chi connectivity index (χ1v) is 8.32. The molecule has 0 atom stereocenters. The molecule has 0 saturated heterocycles. The number of ether oxygens (including phenoxy) is 2. The largest absolute Gasteiger partial charge is 0.496 e. The topological polar surface area (TPSA) is 38.8 Å². The SMILES string of the molecule is C=CCCCC(C)(C)N1COC(C)=C(c2ccccc2OC)C1=O. The second-order valence-corrected chi connectivity index (χ2v) is 6.63. The van der Waals surface area contributed by atoms with Crippen molar-refractivity contribution in [1.29, 1.82) is 0 Å². The van der Waals surface area contributed by atoms with Gasteiger partial charge in [-0.1, -0.05) is 24.3 Å². The Labute approximate surface area is 144 Å². The van der Waals surface area contributed by atoms with Crippen molar-refractivity contribution in [1.82, 2.24) is 4.90 Å². The minimum Gasteiger partial charge on any atom is -0.496 e. The van der Waals surface area contributed by atoms with Crippen LogP contribution in [0, 0.1) is 0 Å². The van der Waals surface area contributed by atoms with Crippen molar-refractivity contribution in [2.45, 2.75) is 45.6 Å². The van der Waals surface area contributed by atoms with Crippen LogP contribution in [0.2, 0.25) is 0 Å². The van der Waals surface area contributed by atoms with Crippen molar-refractivity contribution < 1.29 is 14.3 Å². The van der Waals surface area contributed by atoms with E-state index in [1.165, 1.54) is 0 Å². The smallest absolute Gasteiger partial charge is 0.261 e. The van der Waals surface area contributed by atoms with E-state index in [4.69, 9.17) is 9.47 Å². The molecule has 0 aromatic heterocycles. The zero-order chi connectivity index (χ0) is 17.7. The highest BCUT2D eigenvalue weighted by molar-refractivity contribution is 6.21. The molecule has 0 spiro atoms. The lowest BCUT2D eigenvalue weighted by Crippen LogP contribution is -2.51. The Bertz CT molecular complexity index is 646. The van der Waals surface area contributed by atoms with Crippen molar-refractivity contribution in [3.05, 3.63) is 48.2 Å². The van der Waals surface area contributed by atoms with Gasteiger partial charge in [0.15, 0.2) is 6.73 Å². The van der Waals surface area contributed by atoms with E-state index in [0.717, 1.165) is 24.8 Å². The number of hydrogen-bond donors (Lipinski definition) is 0. The summed E-state index contributed by atoms with van der Waals surface area (Å²) in [5.74, 6) is 1.31. The van der Waals surface area contributed by atoms with Crippen molar-refractivity contribution in [2.24, 2.45) is 0 Å². The van der Waals surface area contributed by atoms with Crippen LogP contribution in [0.5, 0.6) is 5.75 Å². The van der Waals surface area contributed by atoms with E-state index >= 15 is 0 Å². The molecule has 0 fully saturated rings. The van der Waals surface area contributed by atoms with Crippen molar-refractivity contribution in [3.8, 4) is 5.75 Å². The lowest BCUT2D eigenvalue weighted by molar-refractivity contribution is -0.139. The second kappa shape index (κ2) is 7.56. The number of rotatable bonds is 7. The van der Waals surface area contributed by atoms with E-state index in [9.17, 15) is 4.79 Å². The molecule has 1 amide bonds. The Hall–Kier alpha value is -2.23. The summed E-state index contributed by atoms with van der Waals surface area (Å²) < 4.78 is 11.3. The maximum Gasteiger partial charge on any atom is 0.261 e. The van der Waals surface area contributed by atoms with Crippen LogP contribution in [-0.4, -0.2) is 30.2 Å². The second-order valence-electron chi connectivity index (χ2n) is 6.63. The average molecular weight is 329 g/mol. The van der Waals surface area contributed by atoms with Gasteiger partial charge in [-0.15, -0.1) is 6.58 Å². The Morgan fingerprint density at radius 1 is 1.38 bits per heavy atom. The molecule has 0 N–H and O–H groups in total. The van der Waals surface area contributed by atoms with Gasteiger partial charge in [0.2, 0.25) is 0 Å². The molecule has 4 nitrogen and oxygen atoms in total. The molecule has 0 unspecified atom stereocenters. The molecular weight excluding hydrogens is 302 g/mol. The number of unbranched alkanes of at least 4 members (excludes halogenated alkanes) is 1. The number of para-hydroxylation sites is 1. The van der Waals surface area contributed by atoms with Gasteiger partial charge in [-0.25, -0.2) is 0 Å². The standard InChI is InChI=1S/C20H27NO3/c1-6-7-10-13-20(3,4)21-14-24-15(2)18(19(21)22)16-11-8-9-12-17(16)23-5/h6,8-9,11-12H,1,7,10,13-14H2,2-5H3. The summed E-state index contributed by atoms with van der Waals surface area (Å²) in [5.41, 5.74) is 1.07. The van der Waals surface area contributed by atoms with Gasteiger partial charge < -0.3 is 14.4 Å². The zero-order valence-electron chi connectivity index (χ0n) is 15.1. The summed E-state index contributed by atoms with van der Waals surface area (Å²) >= 11 is 0.